The number of thioether (sulfide) groups is 1. The molecule has 8 heteroatoms. The number of aromatic amines is 1. The van der Waals surface area contributed by atoms with Gasteiger partial charge in [0.15, 0.2) is 5.65 Å². The summed E-state index contributed by atoms with van der Waals surface area (Å²) in [6.45, 7) is 0. The molecule has 7 nitrogen and oxygen atoms in total. The molecule has 0 aliphatic heterocycles. The Bertz CT molecular complexity index is 767. The molecule has 0 bridgehead atoms. The zero-order chi connectivity index (χ0) is 13.9. The average molecular weight is 285 g/mol. The molecule has 4 N–H and O–H groups in total. The van der Waals surface area contributed by atoms with Crippen molar-refractivity contribution in [1.29, 1.82) is 5.41 Å². The molecule has 0 unspecified atom stereocenters. The van der Waals surface area contributed by atoms with Crippen LogP contribution in [-0.2, 0) is 5.75 Å². The van der Waals surface area contributed by atoms with Gasteiger partial charge in [-0.15, -0.1) is 0 Å². The van der Waals surface area contributed by atoms with Crippen molar-refractivity contribution in [2.75, 3.05) is 0 Å². The molecular weight excluding hydrogens is 274 g/mol. The third-order valence-corrected chi connectivity index (χ3v) is 3.72. The third-order valence-electron chi connectivity index (χ3n) is 2.66. The molecule has 0 saturated carbocycles. The van der Waals surface area contributed by atoms with E-state index in [1.165, 1.54) is 6.33 Å². The summed E-state index contributed by atoms with van der Waals surface area (Å²) in [6.07, 6.45) is 4.75. The Morgan fingerprint density at radius 1 is 1.30 bits per heavy atom. The van der Waals surface area contributed by atoms with Crippen LogP contribution in [0.25, 0.3) is 11.2 Å². The van der Waals surface area contributed by atoms with E-state index >= 15 is 0 Å². The normalized spacial score (nSPS) is 10.8. The number of hydrogen-bond donors (Lipinski definition) is 3. The van der Waals surface area contributed by atoms with E-state index in [0.29, 0.717) is 17.1 Å². The second kappa shape index (κ2) is 5.25. The van der Waals surface area contributed by atoms with Gasteiger partial charge in [-0.2, -0.15) is 0 Å². The van der Waals surface area contributed by atoms with Gasteiger partial charge in [-0.25, -0.2) is 15.0 Å². The Morgan fingerprint density at radius 2 is 2.20 bits per heavy atom. The third kappa shape index (κ3) is 2.45. The maximum Gasteiger partial charge on any atom is 0.181 e. The van der Waals surface area contributed by atoms with E-state index < -0.39 is 0 Å². The van der Waals surface area contributed by atoms with E-state index in [2.05, 4.69) is 24.9 Å². The lowest BCUT2D eigenvalue weighted by atomic mass is 10.2. The number of H-pyrrole nitrogens is 1. The minimum Gasteiger partial charge on any atom is -0.382 e. The fourth-order valence-electron chi connectivity index (χ4n) is 1.72. The number of hydrogen-bond acceptors (Lipinski definition) is 6. The number of pyridine rings is 1. The summed E-state index contributed by atoms with van der Waals surface area (Å²) in [7, 11) is 0. The van der Waals surface area contributed by atoms with Crippen molar-refractivity contribution >= 4 is 28.8 Å². The van der Waals surface area contributed by atoms with Gasteiger partial charge in [0.2, 0.25) is 0 Å². The fourth-order valence-corrected chi connectivity index (χ4v) is 2.61. The number of rotatable bonds is 4. The highest BCUT2D eigenvalue weighted by Gasteiger charge is 2.07. The quantitative estimate of drug-likeness (QED) is 0.288. The number of imidazole rings is 1. The van der Waals surface area contributed by atoms with Crippen molar-refractivity contribution in [2.24, 2.45) is 5.73 Å². The Labute approximate surface area is 118 Å². The number of fused-ring (bicyclic) bond motifs is 1. The van der Waals surface area contributed by atoms with Crippen LogP contribution in [0.4, 0.5) is 0 Å². The van der Waals surface area contributed by atoms with Crippen molar-refractivity contribution in [3.63, 3.8) is 0 Å². The van der Waals surface area contributed by atoms with Crippen LogP contribution in [0.15, 0.2) is 36.0 Å². The zero-order valence-corrected chi connectivity index (χ0v) is 11.2. The molecule has 3 aromatic heterocycles. The van der Waals surface area contributed by atoms with Gasteiger partial charge in [0.05, 0.1) is 6.33 Å². The summed E-state index contributed by atoms with van der Waals surface area (Å²) in [6, 6.07) is 3.70. The topological polar surface area (TPSA) is 117 Å². The van der Waals surface area contributed by atoms with Crippen LogP contribution in [0.1, 0.15) is 11.3 Å². The van der Waals surface area contributed by atoms with Crippen LogP contribution < -0.4 is 5.73 Å². The molecule has 0 amide bonds. The standard InChI is InChI=1S/C12H11N7S/c13-10(14)8-3-7(1-2-15-8)4-20-12-9-11(17-5-16-9)18-6-19-12/h1-3,5-6H,4H2,(H3,13,14)(H,16,17,18,19). The Kier molecular flexibility index (Phi) is 3.30. The Morgan fingerprint density at radius 3 is 3.05 bits per heavy atom. The molecule has 0 aromatic carbocycles. The second-order valence-electron chi connectivity index (χ2n) is 4.03. The predicted octanol–water partition coefficient (Wildman–Crippen LogP) is 1.32. The van der Waals surface area contributed by atoms with Crippen LogP contribution >= 0.6 is 11.8 Å². The SMILES string of the molecule is N=C(N)c1cc(CSc2ncnc3nc[nH]c23)ccn1. The molecule has 0 aliphatic carbocycles. The number of amidine groups is 1. The zero-order valence-electron chi connectivity index (χ0n) is 10.4. The first-order valence-electron chi connectivity index (χ1n) is 5.80. The fraction of sp³-hybridized carbons (Fsp3) is 0.0833. The molecule has 3 aromatic rings. The van der Waals surface area contributed by atoms with Gasteiger partial charge < -0.3 is 10.7 Å². The highest BCUT2D eigenvalue weighted by atomic mass is 32.2. The predicted molar refractivity (Wildman–Crippen MR) is 76.5 cm³/mol. The molecule has 0 spiro atoms. The number of nitrogens with one attached hydrogen (secondary N) is 2. The molecular formula is C12H11N7S. The summed E-state index contributed by atoms with van der Waals surface area (Å²) in [5.74, 6) is 0.670. The molecule has 20 heavy (non-hydrogen) atoms. The second-order valence-corrected chi connectivity index (χ2v) is 5.00. The van der Waals surface area contributed by atoms with Crippen LogP contribution in [0.5, 0.6) is 0 Å². The van der Waals surface area contributed by atoms with Crippen molar-refractivity contribution in [3.05, 3.63) is 42.2 Å². The van der Waals surface area contributed by atoms with E-state index in [1.807, 2.05) is 6.07 Å². The maximum atomic E-state index is 7.39. The first kappa shape index (κ1) is 12.5. The van der Waals surface area contributed by atoms with Crippen molar-refractivity contribution in [3.8, 4) is 0 Å². The van der Waals surface area contributed by atoms with E-state index in [0.717, 1.165) is 16.1 Å². The van der Waals surface area contributed by atoms with Crippen LogP contribution in [0.3, 0.4) is 0 Å². The summed E-state index contributed by atoms with van der Waals surface area (Å²) in [5, 5.41) is 8.23. The van der Waals surface area contributed by atoms with Crippen LogP contribution in [0.2, 0.25) is 0 Å². The molecule has 0 radical (unpaired) electrons. The lowest BCUT2D eigenvalue weighted by Gasteiger charge is -2.03. The monoisotopic (exact) mass is 285 g/mol. The number of aromatic nitrogens is 5. The summed E-state index contributed by atoms with van der Waals surface area (Å²) in [4.78, 5) is 19.5. The Hall–Kier alpha value is -2.48. The van der Waals surface area contributed by atoms with E-state index in [9.17, 15) is 0 Å². The minimum absolute atomic E-state index is 0.0326. The van der Waals surface area contributed by atoms with Crippen LogP contribution in [-0.4, -0.2) is 30.8 Å². The molecule has 3 heterocycles. The van der Waals surface area contributed by atoms with Gasteiger partial charge in [0.1, 0.15) is 28.4 Å². The average Bonchev–Trinajstić information content (AvgIpc) is 2.94. The smallest absolute Gasteiger partial charge is 0.181 e. The van der Waals surface area contributed by atoms with Crippen molar-refractivity contribution in [2.45, 2.75) is 10.8 Å². The van der Waals surface area contributed by atoms with Gasteiger partial charge in [-0.3, -0.25) is 10.4 Å². The van der Waals surface area contributed by atoms with Crippen LogP contribution in [0, 0.1) is 5.41 Å². The van der Waals surface area contributed by atoms with E-state index in [1.54, 1.807) is 30.4 Å². The summed E-state index contributed by atoms with van der Waals surface area (Å²) >= 11 is 1.57. The molecule has 100 valence electrons. The van der Waals surface area contributed by atoms with Gasteiger partial charge in [0, 0.05) is 11.9 Å². The van der Waals surface area contributed by atoms with E-state index in [-0.39, 0.29) is 5.84 Å². The van der Waals surface area contributed by atoms with Crippen molar-refractivity contribution in [1.82, 2.24) is 24.9 Å². The molecule has 0 aliphatic rings. The maximum absolute atomic E-state index is 7.39. The van der Waals surface area contributed by atoms with Crippen molar-refractivity contribution < 1.29 is 0 Å². The summed E-state index contributed by atoms with van der Waals surface area (Å²) < 4.78 is 0. The first-order valence-corrected chi connectivity index (χ1v) is 6.79. The highest BCUT2D eigenvalue weighted by Crippen LogP contribution is 2.25. The summed E-state index contributed by atoms with van der Waals surface area (Å²) in [5.41, 5.74) is 8.43. The molecule has 0 saturated heterocycles. The largest absolute Gasteiger partial charge is 0.382 e. The van der Waals surface area contributed by atoms with Gasteiger partial charge in [-0.05, 0) is 17.7 Å². The Balaban J connectivity index is 1.81. The van der Waals surface area contributed by atoms with E-state index in [4.69, 9.17) is 11.1 Å². The molecule has 3 rings (SSSR count). The van der Waals surface area contributed by atoms with Gasteiger partial charge in [0.25, 0.3) is 0 Å². The lowest BCUT2D eigenvalue weighted by molar-refractivity contribution is 1.08. The molecule has 0 fully saturated rings. The van der Waals surface area contributed by atoms with Gasteiger partial charge in [-0.1, -0.05) is 11.8 Å². The first-order chi connectivity index (χ1) is 9.74. The number of nitrogens with zero attached hydrogens (tertiary/aromatic N) is 4. The lowest BCUT2D eigenvalue weighted by Crippen LogP contribution is -2.13. The minimum atomic E-state index is -0.0326. The number of nitrogen functional groups attached to an aromatic ring is 1. The number of nitrogens with two attached hydrogens (primary N) is 1. The van der Waals surface area contributed by atoms with Gasteiger partial charge >= 0.3 is 0 Å². The molecule has 0 atom stereocenters. The highest BCUT2D eigenvalue weighted by molar-refractivity contribution is 7.98.